The Morgan fingerprint density at radius 2 is 1.72 bits per heavy atom. The molecule has 198 valence electrons. The Kier molecular flexibility index (Phi) is 8.03. The average molecular weight is 522 g/mol. The molecule has 2 aliphatic rings. The van der Waals surface area contributed by atoms with Crippen molar-refractivity contribution >= 4 is 10.4 Å². The van der Waals surface area contributed by atoms with Crippen molar-refractivity contribution in [2.45, 2.75) is 58.6 Å². The van der Waals surface area contributed by atoms with E-state index in [9.17, 15) is 8.42 Å². The van der Waals surface area contributed by atoms with Crippen molar-refractivity contribution in [2.24, 2.45) is 5.92 Å². The molecule has 0 saturated carbocycles. The molecule has 0 aliphatic carbocycles. The molecule has 0 N–H and O–H groups in total. The first kappa shape index (κ1) is 26.6. The maximum Gasteiger partial charge on any atom is 0.399 e. The summed E-state index contributed by atoms with van der Waals surface area (Å²) in [6, 6.07) is 5.56. The smallest absolute Gasteiger partial charge is 0.399 e. The van der Waals surface area contributed by atoms with Crippen LogP contribution in [0.4, 0.5) is 0 Å². The number of ether oxygens (including phenoxy) is 3. The van der Waals surface area contributed by atoms with Gasteiger partial charge in [0.15, 0.2) is 11.5 Å². The molecule has 0 bridgehead atoms. The van der Waals surface area contributed by atoms with Crippen molar-refractivity contribution in [3.05, 3.63) is 35.7 Å². The lowest BCUT2D eigenvalue weighted by molar-refractivity contribution is 0.0467. The molecule has 0 radical (unpaired) electrons. The van der Waals surface area contributed by atoms with E-state index in [1.807, 2.05) is 19.1 Å². The molecule has 3 heterocycles. The Labute approximate surface area is 213 Å². The minimum absolute atomic E-state index is 0.0796. The summed E-state index contributed by atoms with van der Waals surface area (Å²) in [5, 5.41) is 0. The van der Waals surface area contributed by atoms with Gasteiger partial charge in [0.2, 0.25) is 11.8 Å². The first-order valence-electron chi connectivity index (χ1n) is 12.2. The number of hydrogen-bond acceptors (Lipinski definition) is 10. The normalized spacial score (nSPS) is 19.7. The van der Waals surface area contributed by atoms with Crippen molar-refractivity contribution in [1.82, 2.24) is 14.9 Å². The van der Waals surface area contributed by atoms with E-state index in [1.165, 1.54) is 6.33 Å². The SMILES string of the molecule is COc1cc(CC2COS(=O)(=O)OC2)ccc1Oc1ncnc(OC2CCN(C(C)(C)C)CC2)c1C. The molecule has 1 aromatic heterocycles. The standard InChI is InChI=1S/C25H35N3O7S/c1-17-23(34-20-8-10-28(11-9-20)25(2,3)4)26-16-27-24(17)35-21-7-6-18(13-22(21)31-5)12-19-14-32-36(29,30)33-15-19/h6-7,13,16,19-20H,8-12,14-15H2,1-5H3. The summed E-state index contributed by atoms with van der Waals surface area (Å²) >= 11 is 0. The molecule has 4 rings (SSSR count). The molecule has 10 nitrogen and oxygen atoms in total. The average Bonchev–Trinajstić information content (AvgIpc) is 2.83. The zero-order chi connectivity index (χ0) is 25.9. The van der Waals surface area contributed by atoms with Gasteiger partial charge in [0.25, 0.3) is 0 Å². The molecule has 36 heavy (non-hydrogen) atoms. The third-order valence-electron chi connectivity index (χ3n) is 6.52. The minimum atomic E-state index is -3.86. The molecular formula is C25H35N3O7S. The number of aromatic nitrogens is 2. The number of benzene rings is 1. The second-order valence-electron chi connectivity index (χ2n) is 10.2. The zero-order valence-electron chi connectivity index (χ0n) is 21.5. The van der Waals surface area contributed by atoms with Crippen LogP contribution < -0.4 is 14.2 Å². The van der Waals surface area contributed by atoms with Crippen LogP contribution in [0.2, 0.25) is 0 Å². The van der Waals surface area contributed by atoms with Crippen LogP contribution in [-0.4, -0.2) is 68.3 Å². The van der Waals surface area contributed by atoms with E-state index in [-0.39, 0.29) is 30.8 Å². The molecule has 2 fully saturated rings. The third-order valence-corrected chi connectivity index (χ3v) is 7.37. The van der Waals surface area contributed by atoms with Gasteiger partial charge < -0.3 is 14.2 Å². The van der Waals surface area contributed by atoms with Gasteiger partial charge in [-0.3, -0.25) is 4.90 Å². The fraction of sp³-hybridized carbons (Fsp3) is 0.600. The maximum absolute atomic E-state index is 11.3. The highest BCUT2D eigenvalue weighted by molar-refractivity contribution is 7.81. The van der Waals surface area contributed by atoms with Crippen molar-refractivity contribution < 1.29 is 31.0 Å². The first-order chi connectivity index (χ1) is 17.0. The quantitative estimate of drug-likeness (QED) is 0.535. The minimum Gasteiger partial charge on any atom is -0.493 e. The van der Waals surface area contributed by atoms with Crippen molar-refractivity contribution in [3.63, 3.8) is 0 Å². The molecule has 2 saturated heterocycles. The molecule has 2 aliphatic heterocycles. The van der Waals surface area contributed by atoms with Crippen molar-refractivity contribution in [2.75, 3.05) is 33.4 Å². The van der Waals surface area contributed by atoms with Crippen molar-refractivity contribution in [1.29, 1.82) is 0 Å². The zero-order valence-corrected chi connectivity index (χ0v) is 22.3. The summed E-state index contributed by atoms with van der Waals surface area (Å²) in [6.45, 7) is 10.7. The fourth-order valence-electron chi connectivity index (χ4n) is 4.36. The summed E-state index contributed by atoms with van der Waals surface area (Å²) in [4.78, 5) is 11.1. The maximum atomic E-state index is 11.3. The van der Waals surface area contributed by atoms with Crippen LogP contribution in [0.3, 0.4) is 0 Å². The van der Waals surface area contributed by atoms with Gasteiger partial charge in [-0.1, -0.05) is 6.07 Å². The van der Waals surface area contributed by atoms with E-state index in [0.717, 1.165) is 37.1 Å². The Balaban J connectivity index is 1.41. The number of rotatable bonds is 7. The molecule has 0 atom stereocenters. The molecule has 0 unspecified atom stereocenters. The van der Waals surface area contributed by atoms with Gasteiger partial charge in [0.05, 0.1) is 25.9 Å². The predicted octanol–water partition coefficient (Wildman–Crippen LogP) is 3.68. The number of likely N-dealkylation sites (tertiary alicyclic amines) is 1. The van der Waals surface area contributed by atoms with Crippen LogP contribution in [-0.2, 0) is 25.2 Å². The summed E-state index contributed by atoms with van der Waals surface area (Å²) < 4.78 is 50.0. The van der Waals surface area contributed by atoms with Crippen LogP contribution in [0, 0.1) is 12.8 Å². The Hall–Kier alpha value is -2.47. The molecule has 11 heteroatoms. The monoisotopic (exact) mass is 521 g/mol. The lowest BCUT2D eigenvalue weighted by Gasteiger charge is -2.40. The van der Waals surface area contributed by atoms with Gasteiger partial charge in [-0.2, -0.15) is 8.42 Å². The Morgan fingerprint density at radius 1 is 1.06 bits per heavy atom. The fourth-order valence-corrected chi connectivity index (χ4v) is 5.15. The number of piperidine rings is 1. The first-order valence-corrected chi connectivity index (χ1v) is 13.5. The summed E-state index contributed by atoms with van der Waals surface area (Å²) in [5.74, 6) is 1.89. The van der Waals surface area contributed by atoms with Crippen LogP contribution in [0.5, 0.6) is 23.3 Å². The number of hydrogen-bond donors (Lipinski definition) is 0. The number of nitrogens with zero attached hydrogens (tertiary/aromatic N) is 3. The van der Waals surface area contributed by atoms with Crippen LogP contribution in [0.25, 0.3) is 0 Å². The summed E-state index contributed by atoms with van der Waals surface area (Å²) in [5.41, 5.74) is 1.82. The number of methoxy groups -OCH3 is 1. The molecule has 1 aromatic carbocycles. The van der Waals surface area contributed by atoms with Crippen LogP contribution in [0.15, 0.2) is 24.5 Å². The van der Waals surface area contributed by atoms with E-state index in [4.69, 9.17) is 22.6 Å². The Bertz CT molecular complexity index is 1140. The van der Waals surface area contributed by atoms with Crippen LogP contribution >= 0.6 is 0 Å². The highest BCUT2D eigenvalue weighted by Gasteiger charge is 2.29. The van der Waals surface area contributed by atoms with Gasteiger partial charge in [0.1, 0.15) is 12.4 Å². The van der Waals surface area contributed by atoms with E-state index >= 15 is 0 Å². The van der Waals surface area contributed by atoms with Crippen LogP contribution in [0.1, 0.15) is 44.7 Å². The van der Waals surface area contributed by atoms with Gasteiger partial charge in [0, 0.05) is 24.5 Å². The highest BCUT2D eigenvalue weighted by Crippen LogP contribution is 2.35. The van der Waals surface area contributed by atoms with Gasteiger partial charge in [-0.25, -0.2) is 18.3 Å². The van der Waals surface area contributed by atoms with E-state index in [1.54, 1.807) is 13.2 Å². The molecular weight excluding hydrogens is 486 g/mol. The summed E-state index contributed by atoms with van der Waals surface area (Å²) in [7, 11) is -2.29. The van der Waals surface area contributed by atoms with E-state index in [0.29, 0.717) is 29.7 Å². The second-order valence-corrected chi connectivity index (χ2v) is 11.5. The molecule has 0 spiro atoms. The molecule has 0 amide bonds. The second kappa shape index (κ2) is 10.9. The van der Waals surface area contributed by atoms with Gasteiger partial charge in [-0.05, 0) is 64.7 Å². The molecule has 2 aromatic rings. The summed E-state index contributed by atoms with van der Waals surface area (Å²) in [6.07, 6.45) is 4.00. The largest absolute Gasteiger partial charge is 0.493 e. The third kappa shape index (κ3) is 6.64. The van der Waals surface area contributed by atoms with Crippen molar-refractivity contribution in [3.8, 4) is 23.3 Å². The van der Waals surface area contributed by atoms with Gasteiger partial charge >= 0.3 is 10.4 Å². The topological polar surface area (TPSA) is 109 Å². The lowest BCUT2D eigenvalue weighted by atomic mass is 9.99. The lowest BCUT2D eigenvalue weighted by Crippen LogP contribution is -2.48. The van der Waals surface area contributed by atoms with E-state index in [2.05, 4.69) is 35.6 Å². The van der Waals surface area contributed by atoms with E-state index < -0.39 is 10.4 Å². The van der Waals surface area contributed by atoms with Gasteiger partial charge in [-0.15, -0.1) is 0 Å². The highest BCUT2D eigenvalue weighted by atomic mass is 32.3. The predicted molar refractivity (Wildman–Crippen MR) is 133 cm³/mol. The Morgan fingerprint density at radius 3 is 2.36 bits per heavy atom.